The van der Waals surface area contributed by atoms with Crippen molar-refractivity contribution in [3.63, 3.8) is 0 Å². The van der Waals surface area contributed by atoms with Gasteiger partial charge in [-0.3, -0.25) is 14.7 Å². The van der Waals surface area contributed by atoms with Crippen molar-refractivity contribution in [2.45, 2.75) is 32.2 Å². The maximum atomic E-state index is 12.2. The first-order valence-electron chi connectivity index (χ1n) is 8.13. The lowest BCUT2D eigenvalue weighted by Gasteiger charge is -2.38. The van der Waals surface area contributed by atoms with Crippen LogP contribution in [0.2, 0.25) is 0 Å². The van der Waals surface area contributed by atoms with Crippen LogP contribution < -0.4 is 0 Å². The highest BCUT2D eigenvalue weighted by atomic mass is 16.5. The molecule has 1 aromatic rings. The third-order valence-corrected chi connectivity index (χ3v) is 4.37. The Morgan fingerprint density at radius 1 is 1.32 bits per heavy atom. The molecule has 2 rings (SSSR count). The van der Waals surface area contributed by atoms with Gasteiger partial charge in [-0.15, -0.1) is 0 Å². The summed E-state index contributed by atoms with van der Waals surface area (Å²) in [5, 5.41) is 0. The summed E-state index contributed by atoms with van der Waals surface area (Å²) >= 11 is 0. The Balaban J connectivity index is 1.74. The van der Waals surface area contributed by atoms with E-state index in [1.54, 1.807) is 13.3 Å². The van der Waals surface area contributed by atoms with E-state index in [-0.39, 0.29) is 5.91 Å². The monoisotopic (exact) mass is 305 g/mol. The SMILES string of the molecule is COCCCCC(=O)N1CCN([C@H](C)c2cccnc2)CC1. The predicted molar refractivity (Wildman–Crippen MR) is 86.5 cm³/mol. The number of hydrogen-bond donors (Lipinski definition) is 0. The summed E-state index contributed by atoms with van der Waals surface area (Å²) in [6.07, 6.45) is 6.25. The normalized spacial score (nSPS) is 17.5. The Bertz CT molecular complexity index is 444. The molecule has 22 heavy (non-hydrogen) atoms. The molecule has 1 amide bonds. The lowest BCUT2D eigenvalue weighted by Crippen LogP contribution is -2.49. The number of unbranched alkanes of at least 4 members (excludes halogenated alkanes) is 1. The van der Waals surface area contributed by atoms with E-state index in [1.807, 2.05) is 17.2 Å². The topological polar surface area (TPSA) is 45.7 Å². The van der Waals surface area contributed by atoms with Gasteiger partial charge in [-0.2, -0.15) is 0 Å². The van der Waals surface area contributed by atoms with E-state index in [2.05, 4.69) is 22.9 Å². The Hall–Kier alpha value is -1.46. The summed E-state index contributed by atoms with van der Waals surface area (Å²) in [4.78, 5) is 20.8. The molecule has 1 atom stereocenters. The smallest absolute Gasteiger partial charge is 0.222 e. The molecule has 0 N–H and O–H groups in total. The molecule has 1 fully saturated rings. The minimum Gasteiger partial charge on any atom is -0.385 e. The van der Waals surface area contributed by atoms with Crippen LogP contribution in [-0.2, 0) is 9.53 Å². The van der Waals surface area contributed by atoms with Crippen molar-refractivity contribution >= 4 is 5.91 Å². The molecule has 0 unspecified atom stereocenters. The molecule has 0 spiro atoms. The molecule has 1 aromatic heterocycles. The summed E-state index contributed by atoms with van der Waals surface area (Å²) in [6.45, 7) is 6.46. The van der Waals surface area contributed by atoms with Gasteiger partial charge in [0.25, 0.3) is 0 Å². The number of ether oxygens (including phenoxy) is 1. The molecule has 1 aliphatic rings. The highest BCUT2D eigenvalue weighted by Gasteiger charge is 2.24. The van der Waals surface area contributed by atoms with Crippen molar-refractivity contribution in [1.82, 2.24) is 14.8 Å². The van der Waals surface area contributed by atoms with E-state index >= 15 is 0 Å². The van der Waals surface area contributed by atoms with E-state index in [0.717, 1.165) is 45.6 Å². The maximum absolute atomic E-state index is 12.2. The fourth-order valence-corrected chi connectivity index (χ4v) is 2.87. The van der Waals surface area contributed by atoms with Gasteiger partial charge in [0, 0.05) is 64.8 Å². The van der Waals surface area contributed by atoms with Crippen LogP contribution in [0.3, 0.4) is 0 Å². The minimum absolute atomic E-state index is 0.282. The van der Waals surface area contributed by atoms with Crippen LogP contribution in [0.15, 0.2) is 24.5 Å². The summed E-state index contributed by atoms with van der Waals surface area (Å²) < 4.78 is 5.01. The highest BCUT2D eigenvalue weighted by molar-refractivity contribution is 5.76. The maximum Gasteiger partial charge on any atom is 0.222 e. The van der Waals surface area contributed by atoms with Gasteiger partial charge < -0.3 is 9.64 Å². The summed E-state index contributed by atoms with van der Waals surface area (Å²) in [5.74, 6) is 0.282. The molecular weight excluding hydrogens is 278 g/mol. The Morgan fingerprint density at radius 2 is 2.09 bits per heavy atom. The van der Waals surface area contributed by atoms with Crippen molar-refractivity contribution in [2.24, 2.45) is 0 Å². The second kappa shape index (κ2) is 8.86. The number of piperazine rings is 1. The predicted octanol–water partition coefficient (Wildman–Crippen LogP) is 2.10. The van der Waals surface area contributed by atoms with Gasteiger partial charge in [0.2, 0.25) is 5.91 Å². The van der Waals surface area contributed by atoms with Gasteiger partial charge >= 0.3 is 0 Å². The Kier molecular flexibility index (Phi) is 6.80. The van der Waals surface area contributed by atoms with E-state index < -0.39 is 0 Å². The molecule has 1 saturated heterocycles. The molecular formula is C17H27N3O2. The number of carbonyl (C=O) groups is 1. The zero-order valence-corrected chi connectivity index (χ0v) is 13.7. The van der Waals surface area contributed by atoms with E-state index in [0.29, 0.717) is 12.5 Å². The number of amides is 1. The number of methoxy groups -OCH3 is 1. The van der Waals surface area contributed by atoms with E-state index in [4.69, 9.17) is 4.74 Å². The molecule has 0 bridgehead atoms. The first-order valence-corrected chi connectivity index (χ1v) is 8.13. The van der Waals surface area contributed by atoms with Crippen molar-refractivity contribution in [3.05, 3.63) is 30.1 Å². The van der Waals surface area contributed by atoms with Crippen LogP contribution >= 0.6 is 0 Å². The number of hydrogen-bond acceptors (Lipinski definition) is 4. The Labute approximate surface area is 133 Å². The summed E-state index contributed by atoms with van der Waals surface area (Å²) in [7, 11) is 1.70. The van der Waals surface area contributed by atoms with Crippen LogP contribution in [0.1, 0.15) is 37.8 Å². The third kappa shape index (κ3) is 4.78. The second-order valence-electron chi connectivity index (χ2n) is 5.83. The molecule has 0 radical (unpaired) electrons. The fourth-order valence-electron chi connectivity index (χ4n) is 2.87. The average molecular weight is 305 g/mol. The van der Waals surface area contributed by atoms with E-state index in [9.17, 15) is 4.79 Å². The zero-order chi connectivity index (χ0) is 15.8. The molecule has 122 valence electrons. The summed E-state index contributed by atoms with van der Waals surface area (Å²) in [6, 6.07) is 4.45. The van der Waals surface area contributed by atoms with Crippen LogP contribution in [0.25, 0.3) is 0 Å². The standard InChI is InChI=1S/C17H27N3O2/c1-15(16-6-5-8-18-14-16)19-9-11-20(12-10-19)17(21)7-3-4-13-22-2/h5-6,8,14-15H,3-4,7,9-13H2,1-2H3/t15-/m1/s1. The Morgan fingerprint density at radius 3 is 2.73 bits per heavy atom. The minimum atomic E-state index is 0.282. The first-order chi connectivity index (χ1) is 10.7. The van der Waals surface area contributed by atoms with Crippen molar-refractivity contribution in [2.75, 3.05) is 39.9 Å². The molecule has 0 aromatic carbocycles. The zero-order valence-electron chi connectivity index (χ0n) is 13.7. The first kappa shape index (κ1) is 16.9. The van der Waals surface area contributed by atoms with E-state index in [1.165, 1.54) is 5.56 Å². The van der Waals surface area contributed by atoms with Gasteiger partial charge in [-0.1, -0.05) is 6.07 Å². The molecule has 1 aliphatic heterocycles. The number of pyridine rings is 1. The van der Waals surface area contributed by atoms with Crippen LogP contribution in [0.5, 0.6) is 0 Å². The third-order valence-electron chi connectivity index (χ3n) is 4.37. The largest absolute Gasteiger partial charge is 0.385 e. The fraction of sp³-hybridized carbons (Fsp3) is 0.647. The quantitative estimate of drug-likeness (QED) is 0.724. The van der Waals surface area contributed by atoms with Crippen molar-refractivity contribution < 1.29 is 9.53 Å². The van der Waals surface area contributed by atoms with Gasteiger partial charge in [-0.25, -0.2) is 0 Å². The molecule has 0 saturated carbocycles. The summed E-state index contributed by atoms with van der Waals surface area (Å²) in [5.41, 5.74) is 1.24. The molecule has 0 aliphatic carbocycles. The lowest BCUT2D eigenvalue weighted by molar-refractivity contribution is -0.133. The molecule has 2 heterocycles. The van der Waals surface area contributed by atoms with Crippen molar-refractivity contribution in [1.29, 1.82) is 0 Å². The van der Waals surface area contributed by atoms with Crippen LogP contribution in [0, 0.1) is 0 Å². The van der Waals surface area contributed by atoms with Gasteiger partial charge in [0.15, 0.2) is 0 Å². The molecule has 5 heteroatoms. The van der Waals surface area contributed by atoms with Crippen LogP contribution in [0.4, 0.5) is 0 Å². The second-order valence-corrected chi connectivity index (χ2v) is 5.83. The van der Waals surface area contributed by atoms with Gasteiger partial charge in [0.05, 0.1) is 0 Å². The number of carbonyl (C=O) groups excluding carboxylic acids is 1. The number of nitrogens with zero attached hydrogens (tertiary/aromatic N) is 3. The average Bonchev–Trinajstić information content (AvgIpc) is 2.59. The number of rotatable bonds is 7. The van der Waals surface area contributed by atoms with Gasteiger partial charge in [0.1, 0.15) is 0 Å². The van der Waals surface area contributed by atoms with Crippen molar-refractivity contribution in [3.8, 4) is 0 Å². The van der Waals surface area contributed by atoms with Crippen LogP contribution in [-0.4, -0.2) is 60.6 Å². The highest BCUT2D eigenvalue weighted by Crippen LogP contribution is 2.20. The molecule has 5 nitrogen and oxygen atoms in total. The lowest BCUT2D eigenvalue weighted by atomic mass is 10.1. The van der Waals surface area contributed by atoms with Gasteiger partial charge in [-0.05, 0) is 31.4 Å². The number of aromatic nitrogens is 1.